The zero-order valence-electron chi connectivity index (χ0n) is 15.4. The number of carboxylic acid groups (broad SMARTS) is 1. The monoisotopic (exact) mass is 458 g/mol. The highest BCUT2D eigenvalue weighted by molar-refractivity contribution is 7.89. The summed E-state index contributed by atoms with van der Waals surface area (Å²) in [5.74, 6) is -2.69. The highest BCUT2D eigenvalue weighted by Gasteiger charge is 2.34. The first-order valence-corrected chi connectivity index (χ1v) is 11.5. The summed E-state index contributed by atoms with van der Waals surface area (Å²) in [5.41, 5.74) is -1.07. The van der Waals surface area contributed by atoms with Crippen molar-refractivity contribution in [3.05, 3.63) is 42.0 Å². The fourth-order valence-electron chi connectivity index (χ4n) is 3.10. The minimum atomic E-state index is -5.15. The lowest BCUT2D eigenvalue weighted by molar-refractivity contribution is 0.0694. The quantitative estimate of drug-likeness (QED) is 0.517. The molecule has 2 aromatic rings. The third-order valence-corrected chi connectivity index (χ3v) is 5.58. The summed E-state index contributed by atoms with van der Waals surface area (Å²) in [4.78, 5) is 12.6. The van der Waals surface area contributed by atoms with Crippen molar-refractivity contribution in [3.8, 4) is 17.2 Å². The molecule has 0 atom stereocenters. The predicted octanol–water partition coefficient (Wildman–Crippen LogP) is 1.61. The molecule has 13 heteroatoms. The van der Waals surface area contributed by atoms with Gasteiger partial charge < -0.3 is 18.9 Å². The number of rotatable bonds is 7. The molecule has 0 spiro atoms. The number of nitrogens with two attached hydrogens (primary N) is 1. The van der Waals surface area contributed by atoms with Crippen molar-refractivity contribution in [1.29, 1.82) is 0 Å². The molecule has 1 saturated heterocycles. The van der Waals surface area contributed by atoms with Crippen LogP contribution in [0.4, 0.5) is 5.69 Å². The van der Waals surface area contributed by atoms with Crippen LogP contribution >= 0.6 is 0 Å². The molecule has 1 aliphatic rings. The van der Waals surface area contributed by atoms with Crippen molar-refractivity contribution >= 4 is 32.1 Å². The van der Waals surface area contributed by atoms with Crippen LogP contribution in [0.5, 0.6) is 17.2 Å². The molecule has 0 saturated carbocycles. The molecule has 3 rings (SSSR count). The summed E-state index contributed by atoms with van der Waals surface area (Å²) in [6, 6.07) is 8.57. The Balaban J connectivity index is 2.41. The SMILES string of the molecule is NS(=O)(=O)c1cc(C(=O)O)c(OS(=O)(=O)O)c(N2CCCC2)c1Oc1ccccc1. The van der Waals surface area contributed by atoms with Gasteiger partial charge in [-0.15, -0.1) is 0 Å². The lowest BCUT2D eigenvalue weighted by Gasteiger charge is -2.26. The van der Waals surface area contributed by atoms with E-state index < -0.39 is 48.3 Å². The standard InChI is InChI=1S/C17H18N2O9S2/c18-29(22,23)13-10-12(17(20)21)15(28-30(24,25)26)14(19-8-4-5-9-19)16(13)27-11-6-2-1-3-7-11/h1-3,6-7,10H,4-5,8-9H2,(H,20,21)(H2,18,22,23)(H,24,25,26). The van der Waals surface area contributed by atoms with Gasteiger partial charge >= 0.3 is 16.4 Å². The molecular weight excluding hydrogens is 440 g/mol. The van der Waals surface area contributed by atoms with Crippen LogP contribution in [0.2, 0.25) is 0 Å². The van der Waals surface area contributed by atoms with Crippen LogP contribution in [-0.4, -0.2) is 45.6 Å². The Morgan fingerprint density at radius 3 is 2.13 bits per heavy atom. The molecule has 0 bridgehead atoms. The van der Waals surface area contributed by atoms with Crippen LogP contribution in [-0.2, 0) is 20.4 Å². The molecule has 0 aliphatic carbocycles. The topological polar surface area (TPSA) is 174 Å². The number of benzene rings is 2. The van der Waals surface area contributed by atoms with Crippen molar-refractivity contribution in [2.75, 3.05) is 18.0 Å². The summed E-state index contributed by atoms with van der Waals surface area (Å²) in [6.07, 6.45) is 1.33. The van der Waals surface area contributed by atoms with E-state index in [1.165, 1.54) is 17.0 Å². The van der Waals surface area contributed by atoms with Gasteiger partial charge in [0.05, 0.1) is 0 Å². The van der Waals surface area contributed by atoms with E-state index in [4.69, 9.17) is 9.88 Å². The van der Waals surface area contributed by atoms with Crippen molar-refractivity contribution in [3.63, 3.8) is 0 Å². The van der Waals surface area contributed by atoms with E-state index in [0.717, 1.165) is 0 Å². The van der Waals surface area contributed by atoms with Gasteiger partial charge in [0.15, 0.2) is 11.5 Å². The van der Waals surface area contributed by atoms with E-state index in [2.05, 4.69) is 4.18 Å². The van der Waals surface area contributed by atoms with E-state index >= 15 is 0 Å². The van der Waals surface area contributed by atoms with Gasteiger partial charge in [-0.05, 0) is 31.0 Å². The van der Waals surface area contributed by atoms with Crippen molar-refractivity contribution < 1.29 is 40.2 Å². The summed E-state index contributed by atoms with van der Waals surface area (Å²) in [7, 11) is -9.65. The number of para-hydroxylation sites is 1. The summed E-state index contributed by atoms with van der Waals surface area (Å²) < 4.78 is 66.9. The van der Waals surface area contributed by atoms with Crippen molar-refractivity contribution in [2.45, 2.75) is 17.7 Å². The third kappa shape index (κ3) is 4.81. The molecule has 30 heavy (non-hydrogen) atoms. The fraction of sp³-hybridized carbons (Fsp3) is 0.235. The Morgan fingerprint density at radius 1 is 1.03 bits per heavy atom. The molecule has 162 valence electrons. The number of carboxylic acids is 1. The van der Waals surface area contributed by atoms with Crippen molar-refractivity contribution in [2.24, 2.45) is 5.14 Å². The number of aromatic carboxylic acids is 1. The fourth-order valence-corrected chi connectivity index (χ4v) is 4.16. The molecule has 1 fully saturated rings. The molecule has 0 amide bonds. The van der Waals surface area contributed by atoms with Gasteiger partial charge in [0.25, 0.3) is 0 Å². The van der Waals surface area contributed by atoms with Gasteiger partial charge in [0, 0.05) is 13.1 Å². The highest BCUT2D eigenvalue weighted by atomic mass is 32.3. The first-order valence-electron chi connectivity index (χ1n) is 8.59. The molecule has 4 N–H and O–H groups in total. The third-order valence-electron chi connectivity index (χ3n) is 4.28. The second kappa shape index (κ2) is 8.10. The number of carbonyl (C=O) groups is 1. The van der Waals surface area contributed by atoms with E-state index in [-0.39, 0.29) is 11.4 Å². The Labute approximate surface area is 172 Å². The average Bonchev–Trinajstić information content (AvgIpc) is 3.14. The molecule has 0 unspecified atom stereocenters. The molecule has 1 aliphatic heterocycles. The molecular formula is C17H18N2O9S2. The van der Waals surface area contributed by atoms with Crippen LogP contribution in [0, 0.1) is 0 Å². The van der Waals surface area contributed by atoms with E-state index in [1.54, 1.807) is 18.2 Å². The molecule has 0 radical (unpaired) electrons. The average molecular weight is 458 g/mol. The number of nitrogens with zero attached hydrogens (tertiary/aromatic N) is 1. The van der Waals surface area contributed by atoms with Gasteiger partial charge in [-0.3, -0.25) is 4.55 Å². The molecule has 1 heterocycles. The maximum Gasteiger partial charge on any atom is 0.446 e. The minimum absolute atomic E-state index is 0.184. The van der Waals surface area contributed by atoms with Gasteiger partial charge in [-0.2, -0.15) is 8.42 Å². The summed E-state index contributed by atoms with van der Waals surface area (Å²) >= 11 is 0. The van der Waals surface area contributed by atoms with Crippen LogP contribution < -0.4 is 19.0 Å². The highest BCUT2D eigenvalue weighted by Crippen LogP contribution is 2.48. The lowest BCUT2D eigenvalue weighted by atomic mass is 10.1. The van der Waals surface area contributed by atoms with E-state index in [1.807, 2.05) is 0 Å². The largest absolute Gasteiger partial charge is 0.478 e. The van der Waals surface area contributed by atoms with Crippen LogP contribution in [0.3, 0.4) is 0 Å². The van der Waals surface area contributed by atoms with E-state index in [9.17, 15) is 31.3 Å². The smallest absolute Gasteiger partial charge is 0.446 e. The second-order valence-corrected chi connectivity index (χ2v) is 8.95. The van der Waals surface area contributed by atoms with Crippen molar-refractivity contribution in [1.82, 2.24) is 0 Å². The Hall–Kier alpha value is -2.87. The Bertz CT molecular complexity index is 1170. The zero-order chi connectivity index (χ0) is 22.1. The maximum absolute atomic E-state index is 12.3. The Morgan fingerprint density at radius 2 is 1.63 bits per heavy atom. The predicted molar refractivity (Wildman–Crippen MR) is 105 cm³/mol. The molecule has 2 aromatic carbocycles. The van der Waals surface area contributed by atoms with Gasteiger partial charge in [-0.25, -0.2) is 18.4 Å². The summed E-state index contributed by atoms with van der Waals surface area (Å²) in [6.45, 7) is 0.667. The first-order chi connectivity index (χ1) is 14.0. The van der Waals surface area contributed by atoms with Crippen LogP contribution in [0.15, 0.2) is 41.3 Å². The van der Waals surface area contributed by atoms with Crippen LogP contribution in [0.25, 0.3) is 0 Å². The Kier molecular flexibility index (Phi) is 5.90. The number of ether oxygens (including phenoxy) is 1. The number of primary sulfonamides is 1. The second-order valence-electron chi connectivity index (χ2n) is 6.40. The molecule has 0 aromatic heterocycles. The van der Waals surface area contributed by atoms with Gasteiger partial charge in [0.2, 0.25) is 10.0 Å². The number of hydrogen-bond donors (Lipinski definition) is 3. The number of sulfonamides is 1. The zero-order valence-corrected chi connectivity index (χ0v) is 17.0. The van der Waals surface area contributed by atoms with Gasteiger partial charge in [0.1, 0.15) is 21.9 Å². The summed E-state index contributed by atoms with van der Waals surface area (Å²) in [5, 5.41) is 14.8. The lowest BCUT2D eigenvalue weighted by Crippen LogP contribution is -2.24. The first kappa shape index (κ1) is 21.8. The maximum atomic E-state index is 12.3. The van der Waals surface area contributed by atoms with Gasteiger partial charge in [-0.1, -0.05) is 18.2 Å². The number of anilines is 1. The normalized spacial score (nSPS) is 14.5. The van der Waals surface area contributed by atoms with E-state index in [0.29, 0.717) is 32.0 Å². The molecule has 11 nitrogen and oxygen atoms in total. The van der Waals surface area contributed by atoms with Crippen LogP contribution in [0.1, 0.15) is 23.2 Å². The minimum Gasteiger partial charge on any atom is -0.478 e. The number of hydrogen-bond acceptors (Lipinski definition) is 8.